The SMILES string of the molecule is CC(C)C1CCC(NCC[C@@H](C)O)CC1. The molecule has 1 saturated carbocycles. The molecule has 2 heteroatoms. The molecule has 0 aromatic carbocycles. The third-order valence-electron chi connectivity index (χ3n) is 3.71. The second kappa shape index (κ2) is 6.49. The second-order valence-corrected chi connectivity index (χ2v) is 5.45. The van der Waals surface area contributed by atoms with Gasteiger partial charge in [0.15, 0.2) is 0 Å². The Morgan fingerprint density at radius 3 is 2.20 bits per heavy atom. The Morgan fingerprint density at radius 2 is 1.73 bits per heavy atom. The molecule has 0 radical (unpaired) electrons. The molecule has 0 saturated heterocycles. The van der Waals surface area contributed by atoms with Crippen LogP contribution in [0.4, 0.5) is 0 Å². The summed E-state index contributed by atoms with van der Waals surface area (Å²) in [5.74, 6) is 1.79. The lowest BCUT2D eigenvalue weighted by atomic mass is 9.80. The minimum absolute atomic E-state index is 0.162. The first-order chi connectivity index (χ1) is 7.09. The Morgan fingerprint density at radius 1 is 1.13 bits per heavy atom. The lowest BCUT2D eigenvalue weighted by Crippen LogP contribution is -2.35. The van der Waals surface area contributed by atoms with Gasteiger partial charge in [0.2, 0.25) is 0 Å². The van der Waals surface area contributed by atoms with Crippen molar-refractivity contribution < 1.29 is 5.11 Å². The van der Waals surface area contributed by atoms with Crippen molar-refractivity contribution in [2.24, 2.45) is 11.8 Å². The van der Waals surface area contributed by atoms with E-state index in [2.05, 4.69) is 19.2 Å². The first kappa shape index (κ1) is 13.0. The van der Waals surface area contributed by atoms with E-state index in [1.165, 1.54) is 25.7 Å². The molecule has 15 heavy (non-hydrogen) atoms. The summed E-state index contributed by atoms with van der Waals surface area (Å²) in [7, 11) is 0. The van der Waals surface area contributed by atoms with Crippen molar-refractivity contribution in [3.63, 3.8) is 0 Å². The van der Waals surface area contributed by atoms with Crippen LogP contribution in [0.1, 0.15) is 52.9 Å². The molecule has 0 amide bonds. The van der Waals surface area contributed by atoms with Crippen LogP contribution in [0.25, 0.3) is 0 Å². The highest BCUT2D eigenvalue weighted by atomic mass is 16.3. The smallest absolute Gasteiger partial charge is 0.0524 e. The third kappa shape index (κ3) is 4.98. The summed E-state index contributed by atoms with van der Waals surface area (Å²) in [5.41, 5.74) is 0. The van der Waals surface area contributed by atoms with E-state index >= 15 is 0 Å². The standard InChI is InChI=1S/C13H27NO/c1-10(2)12-4-6-13(7-5-12)14-9-8-11(3)15/h10-15H,4-9H2,1-3H3/t11-,12?,13?/m1/s1. The van der Waals surface area contributed by atoms with Crippen LogP contribution >= 0.6 is 0 Å². The van der Waals surface area contributed by atoms with E-state index in [9.17, 15) is 0 Å². The number of hydrogen-bond acceptors (Lipinski definition) is 2. The normalized spacial score (nSPS) is 29.4. The molecule has 0 aliphatic heterocycles. The summed E-state index contributed by atoms with van der Waals surface area (Å²) in [5, 5.41) is 12.7. The van der Waals surface area contributed by atoms with Crippen molar-refractivity contribution in [2.75, 3.05) is 6.54 Å². The number of hydrogen-bond donors (Lipinski definition) is 2. The zero-order chi connectivity index (χ0) is 11.3. The lowest BCUT2D eigenvalue weighted by molar-refractivity contribution is 0.177. The first-order valence-electron chi connectivity index (χ1n) is 6.51. The number of nitrogens with one attached hydrogen (secondary N) is 1. The van der Waals surface area contributed by atoms with Crippen LogP contribution in [0.15, 0.2) is 0 Å². The molecule has 90 valence electrons. The zero-order valence-corrected chi connectivity index (χ0v) is 10.5. The van der Waals surface area contributed by atoms with Crippen LogP contribution in [-0.2, 0) is 0 Å². The van der Waals surface area contributed by atoms with Gasteiger partial charge in [0, 0.05) is 6.04 Å². The van der Waals surface area contributed by atoms with Gasteiger partial charge in [-0.05, 0) is 57.4 Å². The molecule has 0 heterocycles. The molecule has 0 aromatic rings. The molecule has 1 fully saturated rings. The number of rotatable bonds is 5. The second-order valence-electron chi connectivity index (χ2n) is 5.45. The monoisotopic (exact) mass is 213 g/mol. The maximum Gasteiger partial charge on any atom is 0.0524 e. The fraction of sp³-hybridized carbons (Fsp3) is 1.00. The van der Waals surface area contributed by atoms with Crippen molar-refractivity contribution in [1.82, 2.24) is 5.32 Å². The molecule has 1 aliphatic carbocycles. The molecule has 0 aromatic heterocycles. The Labute approximate surface area is 94.5 Å². The van der Waals surface area contributed by atoms with Crippen molar-refractivity contribution in [3.05, 3.63) is 0 Å². The zero-order valence-electron chi connectivity index (χ0n) is 10.5. The van der Waals surface area contributed by atoms with Crippen LogP contribution in [0, 0.1) is 11.8 Å². The van der Waals surface area contributed by atoms with Crippen LogP contribution in [0.5, 0.6) is 0 Å². The van der Waals surface area contributed by atoms with Gasteiger partial charge < -0.3 is 10.4 Å². The van der Waals surface area contributed by atoms with E-state index in [4.69, 9.17) is 5.11 Å². The van der Waals surface area contributed by atoms with Gasteiger partial charge in [0.05, 0.1) is 6.10 Å². The molecule has 1 atom stereocenters. The van der Waals surface area contributed by atoms with E-state index in [-0.39, 0.29) is 6.10 Å². The average molecular weight is 213 g/mol. The lowest BCUT2D eigenvalue weighted by Gasteiger charge is -2.31. The van der Waals surface area contributed by atoms with Gasteiger partial charge >= 0.3 is 0 Å². The van der Waals surface area contributed by atoms with E-state index in [1.54, 1.807) is 0 Å². The molecule has 2 N–H and O–H groups in total. The van der Waals surface area contributed by atoms with Crippen molar-refractivity contribution >= 4 is 0 Å². The van der Waals surface area contributed by atoms with Crippen LogP contribution in [0.2, 0.25) is 0 Å². The Hall–Kier alpha value is -0.0800. The predicted molar refractivity (Wildman–Crippen MR) is 64.9 cm³/mol. The topological polar surface area (TPSA) is 32.3 Å². The quantitative estimate of drug-likeness (QED) is 0.735. The van der Waals surface area contributed by atoms with Crippen LogP contribution < -0.4 is 5.32 Å². The minimum Gasteiger partial charge on any atom is -0.393 e. The summed E-state index contributed by atoms with van der Waals surface area (Å²) in [6.07, 6.45) is 6.12. The molecule has 0 unspecified atom stereocenters. The predicted octanol–water partition coefficient (Wildman–Crippen LogP) is 2.56. The van der Waals surface area contributed by atoms with Crippen LogP contribution in [0.3, 0.4) is 0 Å². The van der Waals surface area contributed by atoms with Gasteiger partial charge in [-0.2, -0.15) is 0 Å². The molecule has 2 nitrogen and oxygen atoms in total. The fourth-order valence-electron chi connectivity index (χ4n) is 2.49. The summed E-state index contributed by atoms with van der Waals surface area (Å²) in [6, 6.07) is 0.707. The molecule has 1 rings (SSSR count). The summed E-state index contributed by atoms with van der Waals surface area (Å²) >= 11 is 0. The molecule has 1 aliphatic rings. The van der Waals surface area contributed by atoms with Gasteiger partial charge in [-0.25, -0.2) is 0 Å². The highest BCUT2D eigenvalue weighted by molar-refractivity contribution is 4.78. The van der Waals surface area contributed by atoms with Crippen LogP contribution in [-0.4, -0.2) is 23.8 Å². The molecular formula is C13H27NO. The van der Waals surface area contributed by atoms with E-state index in [0.717, 1.165) is 24.8 Å². The van der Waals surface area contributed by atoms with Crippen molar-refractivity contribution in [1.29, 1.82) is 0 Å². The summed E-state index contributed by atoms with van der Waals surface area (Å²) in [6.45, 7) is 7.50. The highest BCUT2D eigenvalue weighted by Crippen LogP contribution is 2.29. The average Bonchev–Trinajstić information content (AvgIpc) is 2.18. The largest absolute Gasteiger partial charge is 0.393 e. The maximum atomic E-state index is 9.16. The van der Waals surface area contributed by atoms with Gasteiger partial charge in [-0.1, -0.05) is 13.8 Å². The minimum atomic E-state index is -0.162. The third-order valence-corrected chi connectivity index (χ3v) is 3.71. The Balaban J connectivity index is 2.09. The molecule has 0 bridgehead atoms. The highest BCUT2D eigenvalue weighted by Gasteiger charge is 2.22. The van der Waals surface area contributed by atoms with Gasteiger partial charge in [-0.15, -0.1) is 0 Å². The van der Waals surface area contributed by atoms with E-state index in [0.29, 0.717) is 6.04 Å². The van der Waals surface area contributed by atoms with Gasteiger partial charge in [0.25, 0.3) is 0 Å². The van der Waals surface area contributed by atoms with E-state index < -0.39 is 0 Å². The number of aliphatic hydroxyl groups excluding tert-OH is 1. The number of aliphatic hydroxyl groups is 1. The maximum absolute atomic E-state index is 9.16. The van der Waals surface area contributed by atoms with Crippen molar-refractivity contribution in [3.8, 4) is 0 Å². The fourth-order valence-corrected chi connectivity index (χ4v) is 2.49. The Bertz CT molecular complexity index is 157. The van der Waals surface area contributed by atoms with Gasteiger partial charge in [0.1, 0.15) is 0 Å². The molecule has 0 spiro atoms. The van der Waals surface area contributed by atoms with Gasteiger partial charge in [-0.3, -0.25) is 0 Å². The summed E-state index contributed by atoms with van der Waals surface area (Å²) in [4.78, 5) is 0. The molecular weight excluding hydrogens is 186 g/mol. The summed E-state index contributed by atoms with van der Waals surface area (Å²) < 4.78 is 0. The van der Waals surface area contributed by atoms with E-state index in [1.807, 2.05) is 6.92 Å². The Kier molecular flexibility index (Phi) is 5.62. The van der Waals surface area contributed by atoms with Crippen molar-refractivity contribution in [2.45, 2.75) is 65.0 Å². The first-order valence-corrected chi connectivity index (χ1v) is 6.51.